The van der Waals surface area contributed by atoms with E-state index < -0.39 is 0 Å². The van der Waals surface area contributed by atoms with Crippen LogP contribution in [0.2, 0.25) is 0 Å². The SMILES string of the molecule is c1cncc(CSc2nnnn2C2CCCC2)c1. The molecule has 0 amide bonds. The fourth-order valence-corrected chi connectivity index (χ4v) is 3.17. The van der Waals surface area contributed by atoms with Crippen molar-refractivity contribution in [1.29, 1.82) is 0 Å². The van der Waals surface area contributed by atoms with Gasteiger partial charge in [0.25, 0.3) is 0 Å². The van der Waals surface area contributed by atoms with Crippen molar-refractivity contribution in [3.63, 3.8) is 0 Å². The fourth-order valence-electron chi connectivity index (χ4n) is 2.29. The normalized spacial score (nSPS) is 16.2. The molecule has 0 N–H and O–H groups in total. The molecule has 6 heteroatoms. The molecule has 0 bridgehead atoms. The molecule has 18 heavy (non-hydrogen) atoms. The summed E-state index contributed by atoms with van der Waals surface area (Å²) in [4.78, 5) is 4.11. The number of pyridine rings is 1. The van der Waals surface area contributed by atoms with E-state index in [1.807, 2.05) is 16.9 Å². The van der Waals surface area contributed by atoms with Gasteiger partial charge in [-0.15, -0.1) is 5.10 Å². The Bertz CT molecular complexity index is 492. The number of thioether (sulfide) groups is 1. The maximum atomic E-state index is 4.13. The van der Waals surface area contributed by atoms with Gasteiger partial charge in [-0.05, 0) is 34.9 Å². The molecule has 2 heterocycles. The summed E-state index contributed by atoms with van der Waals surface area (Å²) in [5.74, 6) is 0.862. The standard InChI is InChI=1S/C12H15N5S/c1-2-6-11(5-1)17-12(14-15-16-17)18-9-10-4-3-7-13-8-10/h3-4,7-8,11H,1-2,5-6,9H2. The van der Waals surface area contributed by atoms with Crippen LogP contribution in [-0.4, -0.2) is 25.2 Å². The number of nitrogens with zero attached hydrogens (tertiary/aromatic N) is 5. The van der Waals surface area contributed by atoms with Crippen LogP contribution in [0.5, 0.6) is 0 Å². The Morgan fingerprint density at radius 1 is 1.33 bits per heavy atom. The summed E-state index contributed by atoms with van der Waals surface area (Å²) < 4.78 is 1.99. The second kappa shape index (κ2) is 5.48. The predicted octanol–water partition coefficient (Wildman–Crippen LogP) is 2.48. The van der Waals surface area contributed by atoms with Gasteiger partial charge in [0, 0.05) is 18.1 Å². The molecule has 1 aliphatic carbocycles. The van der Waals surface area contributed by atoms with Crippen LogP contribution in [-0.2, 0) is 5.75 Å². The molecule has 3 rings (SSSR count). The van der Waals surface area contributed by atoms with E-state index >= 15 is 0 Å². The molecule has 1 fully saturated rings. The van der Waals surface area contributed by atoms with E-state index in [0.29, 0.717) is 6.04 Å². The zero-order chi connectivity index (χ0) is 12.2. The highest BCUT2D eigenvalue weighted by Gasteiger charge is 2.21. The monoisotopic (exact) mass is 261 g/mol. The van der Waals surface area contributed by atoms with Crippen LogP contribution >= 0.6 is 11.8 Å². The molecule has 94 valence electrons. The number of tetrazole rings is 1. The lowest BCUT2D eigenvalue weighted by atomic mass is 10.3. The number of hydrogen-bond donors (Lipinski definition) is 0. The van der Waals surface area contributed by atoms with E-state index in [1.165, 1.54) is 31.2 Å². The molecule has 0 aliphatic heterocycles. The Morgan fingerprint density at radius 3 is 3.00 bits per heavy atom. The maximum Gasteiger partial charge on any atom is 0.209 e. The summed E-state index contributed by atoms with van der Waals surface area (Å²) in [6.07, 6.45) is 8.65. The Morgan fingerprint density at radius 2 is 2.22 bits per heavy atom. The molecule has 1 saturated carbocycles. The van der Waals surface area contributed by atoms with Crippen LogP contribution < -0.4 is 0 Å². The highest BCUT2D eigenvalue weighted by molar-refractivity contribution is 7.98. The first kappa shape index (κ1) is 11.6. The third-order valence-electron chi connectivity index (χ3n) is 3.22. The summed E-state index contributed by atoms with van der Waals surface area (Å²) in [5.41, 5.74) is 1.20. The smallest absolute Gasteiger partial charge is 0.209 e. The number of aromatic nitrogens is 5. The number of hydrogen-bond acceptors (Lipinski definition) is 5. The largest absolute Gasteiger partial charge is 0.264 e. The van der Waals surface area contributed by atoms with Gasteiger partial charge in [0.05, 0.1) is 6.04 Å². The molecule has 2 aromatic heterocycles. The van der Waals surface area contributed by atoms with Crippen molar-refractivity contribution in [3.8, 4) is 0 Å². The molecule has 1 aliphatic rings. The molecule has 0 radical (unpaired) electrons. The maximum absolute atomic E-state index is 4.13. The fraction of sp³-hybridized carbons (Fsp3) is 0.500. The van der Waals surface area contributed by atoms with Crippen LogP contribution in [0.1, 0.15) is 37.3 Å². The zero-order valence-electron chi connectivity index (χ0n) is 10.1. The Kier molecular flexibility index (Phi) is 3.54. The topological polar surface area (TPSA) is 56.5 Å². The molecular formula is C12H15N5S. The first-order chi connectivity index (χ1) is 8.93. The Balaban J connectivity index is 1.68. The van der Waals surface area contributed by atoms with Gasteiger partial charge in [0.15, 0.2) is 0 Å². The van der Waals surface area contributed by atoms with Crippen molar-refractivity contribution in [2.24, 2.45) is 0 Å². The van der Waals surface area contributed by atoms with Gasteiger partial charge in [0.2, 0.25) is 5.16 Å². The van der Waals surface area contributed by atoms with Gasteiger partial charge in [-0.1, -0.05) is 30.7 Å². The van der Waals surface area contributed by atoms with Crippen LogP contribution in [0, 0.1) is 0 Å². The summed E-state index contributed by atoms with van der Waals surface area (Å²) in [6.45, 7) is 0. The molecule has 0 aromatic carbocycles. The van der Waals surface area contributed by atoms with Crippen molar-refractivity contribution in [2.45, 2.75) is 42.6 Å². The summed E-state index contributed by atoms with van der Waals surface area (Å²) >= 11 is 1.68. The molecule has 0 spiro atoms. The minimum Gasteiger partial charge on any atom is -0.264 e. The second-order valence-corrected chi connectivity index (χ2v) is 5.44. The summed E-state index contributed by atoms with van der Waals surface area (Å²) in [5, 5.41) is 13.0. The lowest BCUT2D eigenvalue weighted by molar-refractivity contribution is 0.423. The van der Waals surface area contributed by atoms with Crippen LogP contribution in [0.4, 0.5) is 0 Å². The van der Waals surface area contributed by atoms with E-state index in [1.54, 1.807) is 18.0 Å². The summed E-state index contributed by atoms with van der Waals surface area (Å²) in [6, 6.07) is 4.52. The van der Waals surface area contributed by atoms with E-state index in [9.17, 15) is 0 Å². The third kappa shape index (κ3) is 2.53. The second-order valence-electron chi connectivity index (χ2n) is 4.49. The van der Waals surface area contributed by atoms with Crippen molar-refractivity contribution in [2.75, 3.05) is 0 Å². The van der Waals surface area contributed by atoms with Gasteiger partial charge in [-0.3, -0.25) is 4.98 Å². The molecule has 2 aromatic rings. The zero-order valence-corrected chi connectivity index (χ0v) is 10.9. The molecule has 0 atom stereocenters. The minimum absolute atomic E-state index is 0.497. The highest BCUT2D eigenvalue weighted by atomic mass is 32.2. The van der Waals surface area contributed by atoms with Crippen molar-refractivity contribution in [3.05, 3.63) is 30.1 Å². The van der Waals surface area contributed by atoms with E-state index in [-0.39, 0.29) is 0 Å². The third-order valence-corrected chi connectivity index (χ3v) is 4.23. The van der Waals surface area contributed by atoms with Crippen molar-refractivity contribution in [1.82, 2.24) is 25.2 Å². The first-order valence-electron chi connectivity index (χ1n) is 6.23. The van der Waals surface area contributed by atoms with E-state index in [4.69, 9.17) is 0 Å². The van der Waals surface area contributed by atoms with Crippen LogP contribution in [0.25, 0.3) is 0 Å². The first-order valence-corrected chi connectivity index (χ1v) is 7.21. The average Bonchev–Trinajstić information content (AvgIpc) is 3.08. The minimum atomic E-state index is 0.497. The molecule has 0 saturated heterocycles. The van der Waals surface area contributed by atoms with Crippen molar-refractivity contribution < 1.29 is 0 Å². The molecule has 0 unspecified atom stereocenters. The summed E-state index contributed by atoms with van der Waals surface area (Å²) in [7, 11) is 0. The lowest BCUT2D eigenvalue weighted by Crippen LogP contribution is -2.08. The van der Waals surface area contributed by atoms with Crippen LogP contribution in [0.15, 0.2) is 29.7 Å². The Labute approximate surface area is 110 Å². The van der Waals surface area contributed by atoms with Gasteiger partial charge in [-0.2, -0.15) is 0 Å². The van der Waals surface area contributed by atoms with E-state index in [0.717, 1.165) is 10.9 Å². The van der Waals surface area contributed by atoms with E-state index in [2.05, 4.69) is 26.6 Å². The quantitative estimate of drug-likeness (QED) is 0.791. The predicted molar refractivity (Wildman–Crippen MR) is 69.1 cm³/mol. The number of rotatable bonds is 4. The average molecular weight is 261 g/mol. The van der Waals surface area contributed by atoms with Gasteiger partial charge < -0.3 is 0 Å². The highest BCUT2D eigenvalue weighted by Crippen LogP contribution is 2.32. The molecule has 5 nitrogen and oxygen atoms in total. The van der Waals surface area contributed by atoms with Gasteiger partial charge in [0.1, 0.15) is 0 Å². The van der Waals surface area contributed by atoms with Crippen LogP contribution in [0.3, 0.4) is 0 Å². The van der Waals surface area contributed by atoms with Gasteiger partial charge in [-0.25, -0.2) is 4.68 Å². The van der Waals surface area contributed by atoms with Gasteiger partial charge >= 0.3 is 0 Å². The Hall–Kier alpha value is -1.43. The lowest BCUT2D eigenvalue weighted by Gasteiger charge is -2.10. The van der Waals surface area contributed by atoms with Crippen molar-refractivity contribution >= 4 is 11.8 Å². The molecular weight excluding hydrogens is 246 g/mol.